The molecule has 0 aromatic carbocycles. The van der Waals surface area contributed by atoms with Crippen LogP contribution in [0.15, 0.2) is 10.2 Å². The summed E-state index contributed by atoms with van der Waals surface area (Å²) in [5, 5.41) is 0.0136. The van der Waals surface area contributed by atoms with E-state index in [0.29, 0.717) is 6.42 Å². The number of fused-ring (bicyclic) bond motifs is 1. The van der Waals surface area contributed by atoms with E-state index in [1.165, 1.54) is 0 Å². The van der Waals surface area contributed by atoms with Crippen molar-refractivity contribution in [3.63, 3.8) is 0 Å². The van der Waals surface area contributed by atoms with Crippen LogP contribution in [0.2, 0.25) is 54.4 Å². The van der Waals surface area contributed by atoms with Crippen LogP contribution in [0.4, 0.5) is 0 Å². The molecular weight excluding hydrogens is 692 g/mol. The van der Waals surface area contributed by atoms with E-state index < -0.39 is 36.7 Å². The molecule has 0 radical (unpaired) electrons. The molecule has 2 aliphatic rings. The maximum atomic E-state index is 11.6. The van der Waals surface area contributed by atoms with Crippen molar-refractivity contribution < 1.29 is 27.5 Å². The van der Waals surface area contributed by atoms with E-state index >= 15 is 0 Å². The van der Waals surface area contributed by atoms with Gasteiger partial charge in [0.15, 0.2) is 25.0 Å². The minimum Gasteiger partial charge on any atom is -0.408 e. The van der Waals surface area contributed by atoms with Gasteiger partial charge in [0.05, 0.1) is 18.3 Å². The first-order valence-corrected chi connectivity index (χ1v) is 25.8. The van der Waals surface area contributed by atoms with Gasteiger partial charge in [-0.05, 0) is 84.3 Å². The van der Waals surface area contributed by atoms with Gasteiger partial charge in [-0.15, -0.1) is 0 Å². The molecule has 6 nitrogen and oxygen atoms in total. The summed E-state index contributed by atoms with van der Waals surface area (Å²) < 4.78 is 38.1. The lowest BCUT2D eigenvalue weighted by Gasteiger charge is -2.60. The molecule has 2 heterocycles. The van der Waals surface area contributed by atoms with Gasteiger partial charge in [0.25, 0.3) is 0 Å². The first kappa shape index (κ1) is 38.8. The highest BCUT2D eigenvalue weighted by atomic mass is 127. The highest BCUT2D eigenvalue weighted by Crippen LogP contribution is 2.50. The van der Waals surface area contributed by atoms with E-state index in [0.717, 1.165) is 19.1 Å². The minimum absolute atomic E-state index is 0.00972. The lowest BCUT2D eigenvalue weighted by Crippen LogP contribution is -2.74. The van der Waals surface area contributed by atoms with Crippen LogP contribution in [0.1, 0.15) is 88.5 Å². The van der Waals surface area contributed by atoms with Crippen molar-refractivity contribution in [2.75, 3.05) is 0 Å². The minimum atomic E-state index is -2.31. The molecule has 2 fully saturated rings. The van der Waals surface area contributed by atoms with E-state index in [1.807, 2.05) is 0 Å². The predicted octanol–water partition coefficient (Wildman–Crippen LogP) is 9.40. The molecule has 0 aromatic heterocycles. The monoisotopic (exact) mass is 754 g/mol. The highest BCUT2D eigenvalue weighted by molar-refractivity contribution is 14.1. The average molecular weight is 755 g/mol. The third-order valence-corrected chi connectivity index (χ3v) is 24.8. The summed E-state index contributed by atoms with van der Waals surface area (Å²) in [5.41, 5.74) is -0.763. The molecule has 0 saturated carbocycles. The molecule has 0 amide bonds. The van der Waals surface area contributed by atoms with Gasteiger partial charge in [-0.2, -0.15) is 0 Å². The maximum absolute atomic E-state index is 11.6. The molecule has 42 heavy (non-hydrogen) atoms. The van der Waals surface area contributed by atoms with Gasteiger partial charge in [0.1, 0.15) is 30.2 Å². The third-order valence-electron chi connectivity index (χ3n) is 11.0. The van der Waals surface area contributed by atoms with Crippen molar-refractivity contribution in [2.45, 2.75) is 185 Å². The standard InChI is InChI=1S/C32H63IO6Si3/c1-29(2,3)40(11,12)37-24(19-21-33)26-27(38-41(13,14)30(4,5)6)28(39-42(15,16)31(7,8)9)32(10)25(35-26)18-17-23(36-32)20-22-34/h19,21-28H,17-18,20H2,1-16H3/b21-19+/t23-,24?,25+,26?,27?,28?,32-/m1/s1. The number of halogens is 1. The highest BCUT2D eigenvalue weighted by Gasteiger charge is 2.62. The molecule has 2 aliphatic heterocycles. The SMILES string of the molecule is CC(C)(C)[Si](C)(C)OC(/C=C/I)C1O[C@H]2CC[C@H](CC=O)O[C@@]2(C)C(O[Si](C)(C)C(C)(C)C)C1O[Si](C)(C)C(C)(C)C. The Kier molecular flexibility index (Phi) is 12.3. The van der Waals surface area contributed by atoms with Crippen LogP contribution in [0.5, 0.6) is 0 Å². The molecule has 0 bridgehead atoms. The third kappa shape index (κ3) is 8.49. The summed E-state index contributed by atoms with van der Waals surface area (Å²) in [6.07, 6.45) is 3.29. The van der Waals surface area contributed by atoms with Gasteiger partial charge >= 0.3 is 0 Å². The number of carbonyl (C=O) groups is 1. The van der Waals surface area contributed by atoms with Crippen molar-refractivity contribution in [2.24, 2.45) is 0 Å². The second-order valence-electron chi connectivity index (χ2n) is 17.3. The second-order valence-corrected chi connectivity index (χ2v) is 32.3. The first-order chi connectivity index (χ1) is 18.7. The number of ether oxygens (including phenoxy) is 2. The van der Waals surface area contributed by atoms with Gasteiger partial charge in [-0.1, -0.05) is 84.9 Å². The molecule has 4 unspecified atom stereocenters. The van der Waals surface area contributed by atoms with Gasteiger partial charge < -0.3 is 27.5 Å². The Balaban J connectivity index is 2.81. The summed E-state index contributed by atoms with van der Waals surface area (Å²) in [6, 6.07) is 0. The van der Waals surface area contributed by atoms with Crippen LogP contribution in [0.25, 0.3) is 0 Å². The Bertz CT molecular complexity index is 949. The normalized spacial score (nSPS) is 31.2. The molecule has 10 heteroatoms. The van der Waals surface area contributed by atoms with Crippen LogP contribution in [-0.2, 0) is 27.5 Å². The van der Waals surface area contributed by atoms with E-state index in [4.69, 9.17) is 22.8 Å². The van der Waals surface area contributed by atoms with Crippen LogP contribution in [-0.4, -0.2) is 73.5 Å². The van der Waals surface area contributed by atoms with Gasteiger partial charge in [-0.3, -0.25) is 0 Å². The number of rotatable bonds is 10. The average Bonchev–Trinajstić information content (AvgIpc) is 2.78. The summed E-state index contributed by atoms with van der Waals surface area (Å²) in [5.74, 6) is 0. The summed E-state index contributed by atoms with van der Waals surface area (Å²) in [6.45, 7) is 36.4. The zero-order chi connectivity index (χ0) is 32.7. The number of hydrogen-bond acceptors (Lipinski definition) is 6. The zero-order valence-corrected chi connectivity index (χ0v) is 34.8. The Morgan fingerprint density at radius 1 is 0.857 bits per heavy atom. The van der Waals surface area contributed by atoms with Crippen molar-refractivity contribution >= 4 is 53.8 Å². The molecule has 246 valence electrons. The Morgan fingerprint density at radius 2 is 1.36 bits per heavy atom. The van der Waals surface area contributed by atoms with Crippen LogP contribution in [0, 0.1) is 0 Å². The summed E-state index contributed by atoms with van der Waals surface area (Å²) in [4.78, 5) is 11.6. The van der Waals surface area contributed by atoms with Crippen LogP contribution in [0.3, 0.4) is 0 Å². The second kappa shape index (κ2) is 13.4. The van der Waals surface area contributed by atoms with E-state index in [1.54, 1.807) is 0 Å². The smallest absolute Gasteiger partial charge is 0.193 e. The van der Waals surface area contributed by atoms with Crippen LogP contribution >= 0.6 is 22.6 Å². The zero-order valence-electron chi connectivity index (χ0n) is 29.6. The number of carbonyl (C=O) groups excluding carboxylic acids is 1. The molecule has 0 aromatic rings. The maximum Gasteiger partial charge on any atom is 0.193 e. The van der Waals surface area contributed by atoms with Crippen molar-refractivity contribution in [3.05, 3.63) is 10.2 Å². The quantitative estimate of drug-likeness (QED) is 0.126. The Labute approximate surface area is 275 Å². The molecule has 2 rings (SSSR count). The lowest BCUT2D eigenvalue weighted by molar-refractivity contribution is -0.308. The lowest BCUT2D eigenvalue weighted by atomic mass is 9.78. The Morgan fingerprint density at radius 3 is 1.81 bits per heavy atom. The van der Waals surface area contributed by atoms with Crippen LogP contribution < -0.4 is 0 Å². The fourth-order valence-electron chi connectivity index (χ4n) is 5.00. The fraction of sp³-hybridized carbons (Fsp3) is 0.906. The molecule has 0 N–H and O–H groups in total. The molecular formula is C32H63IO6Si3. The molecule has 2 saturated heterocycles. The fourth-order valence-corrected chi connectivity index (χ4v) is 9.31. The summed E-state index contributed by atoms with van der Waals surface area (Å²) in [7, 11) is -6.79. The topological polar surface area (TPSA) is 63.2 Å². The van der Waals surface area contributed by atoms with E-state index in [9.17, 15) is 4.79 Å². The van der Waals surface area contributed by atoms with E-state index in [2.05, 4.69) is 141 Å². The first-order valence-electron chi connectivity index (χ1n) is 15.8. The van der Waals surface area contributed by atoms with Gasteiger partial charge in [-0.25, -0.2) is 0 Å². The van der Waals surface area contributed by atoms with E-state index in [-0.39, 0.29) is 45.6 Å². The number of aldehydes is 1. The molecule has 7 atom stereocenters. The van der Waals surface area contributed by atoms with Gasteiger partial charge in [0, 0.05) is 6.42 Å². The largest absolute Gasteiger partial charge is 0.408 e. The van der Waals surface area contributed by atoms with Crippen molar-refractivity contribution in [3.8, 4) is 0 Å². The molecule has 0 aliphatic carbocycles. The van der Waals surface area contributed by atoms with Crippen molar-refractivity contribution in [1.82, 2.24) is 0 Å². The number of hydrogen-bond donors (Lipinski definition) is 0. The van der Waals surface area contributed by atoms with Crippen molar-refractivity contribution in [1.29, 1.82) is 0 Å². The van der Waals surface area contributed by atoms with Gasteiger partial charge in [0.2, 0.25) is 0 Å². The molecule has 0 spiro atoms. The summed E-state index contributed by atoms with van der Waals surface area (Å²) >= 11 is 2.29. The predicted molar refractivity (Wildman–Crippen MR) is 191 cm³/mol. The Hall–Kier alpha value is 0.591.